The molecule has 0 amide bonds. The van der Waals surface area contributed by atoms with Crippen molar-refractivity contribution in [1.29, 1.82) is 0 Å². The number of benzene rings is 1. The number of hydrogen-bond acceptors (Lipinski definition) is 9. The van der Waals surface area contributed by atoms with Crippen LogP contribution in [0.4, 0.5) is 0 Å². The molecule has 1 aromatic rings. The van der Waals surface area contributed by atoms with Crippen molar-refractivity contribution < 1.29 is 49.8 Å². The number of aliphatic hydroxyl groups excluding tert-OH is 5. The summed E-state index contributed by atoms with van der Waals surface area (Å²) in [5.41, 5.74) is -0.0160. The molecule has 4 atom stereocenters. The molecule has 0 radical (unpaired) electrons. The molecule has 10 heteroatoms. The highest BCUT2D eigenvalue weighted by atomic mass is 16.5. The molecule has 10 nitrogen and oxygen atoms in total. The van der Waals surface area contributed by atoms with Gasteiger partial charge in [0.2, 0.25) is 0 Å². The van der Waals surface area contributed by atoms with Crippen molar-refractivity contribution in [3.63, 3.8) is 0 Å². The van der Waals surface area contributed by atoms with Crippen LogP contribution in [0.3, 0.4) is 0 Å². The molecule has 0 aliphatic rings. The Morgan fingerprint density at radius 1 is 1.12 bits per heavy atom. The summed E-state index contributed by atoms with van der Waals surface area (Å²) in [6.45, 7) is 0.461. The van der Waals surface area contributed by atoms with E-state index in [0.717, 1.165) is 0 Å². The third kappa shape index (κ3) is 7.83. The van der Waals surface area contributed by atoms with E-state index < -0.39 is 43.0 Å². The lowest BCUT2D eigenvalue weighted by atomic mass is 10.0. The molecule has 0 bridgehead atoms. The number of aldehydes is 1. The molecule has 0 unspecified atom stereocenters. The maximum absolute atomic E-state index is 10.6. The Morgan fingerprint density at radius 3 is 2.12 bits per heavy atom. The van der Waals surface area contributed by atoms with Gasteiger partial charge in [0.1, 0.15) is 35.7 Å². The minimum absolute atomic E-state index is 0.0160. The largest absolute Gasteiger partial charge is 0.478 e. The van der Waals surface area contributed by atoms with Crippen molar-refractivity contribution >= 4 is 18.2 Å². The van der Waals surface area contributed by atoms with Crippen LogP contribution in [0.1, 0.15) is 17.3 Å². The SMILES string of the molecule is CC(=O)Oc1ccccc1C(=O)O.O=C[C@H](O)[C@@H](O)[C@H](O)[C@H](O)CO. The number of carbonyl (C=O) groups excluding carboxylic acids is 2. The summed E-state index contributed by atoms with van der Waals surface area (Å²) >= 11 is 0. The fraction of sp³-hybridized carbons (Fsp3) is 0.400. The van der Waals surface area contributed by atoms with Gasteiger partial charge in [-0.05, 0) is 12.1 Å². The van der Waals surface area contributed by atoms with Gasteiger partial charge in [0, 0.05) is 6.92 Å². The fourth-order valence-corrected chi connectivity index (χ4v) is 1.51. The maximum Gasteiger partial charge on any atom is 0.339 e. The molecule has 0 heterocycles. The lowest BCUT2D eigenvalue weighted by Gasteiger charge is -2.22. The first-order valence-electron chi connectivity index (χ1n) is 6.94. The van der Waals surface area contributed by atoms with Crippen LogP contribution in [0.2, 0.25) is 0 Å². The van der Waals surface area contributed by atoms with E-state index in [1.165, 1.54) is 19.1 Å². The normalized spacial score (nSPS) is 15.0. The van der Waals surface area contributed by atoms with E-state index in [9.17, 15) is 14.4 Å². The quantitative estimate of drug-likeness (QED) is 0.179. The zero-order valence-corrected chi connectivity index (χ0v) is 13.2. The summed E-state index contributed by atoms with van der Waals surface area (Å²) in [6, 6.07) is 5.98. The third-order valence-electron chi connectivity index (χ3n) is 2.79. The Bertz CT molecular complexity index is 573. The smallest absolute Gasteiger partial charge is 0.339 e. The van der Waals surface area contributed by atoms with Gasteiger partial charge in [0.25, 0.3) is 0 Å². The average molecular weight is 360 g/mol. The molecule has 6 N–H and O–H groups in total. The first-order chi connectivity index (χ1) is 11.6. The molecule has 0 aliphatic heterocycles. The number of aliphatic hydroxyl groups is 5. The molecule has 0 saturated heterocycles. The molecule has 0 aliphatic carbocycles. The summed E-state index contributed by atoms with van der Waals surface area (Å²) in [6.07, 6.45) is -6.84. The van der Waals surface area contributed by atoms with Crippen molar-refractivity contribution in [2.24, 2.45) is 0 Å². The van der Waals surface area contributed by atoms with E-state index in [1.54, 1.807) is 12.1 Å². The van der Waals surface area contributed by atoms with Gasteiger partial charge in [-0.1, -0.05) is 12.1 Å². The molecule has 25 heavy (non-hydrogen) atoms. The van der Waals surface area contributed by atoms with Crippen LogP contribution >= 0.6 is 0 Å². The van der Waals surface area contributed by atoms with E-state index in [2.05, 4.69) is 4.74 Å². The van der Waals surface area contributed by atoms with Gasteiger partial charge in [-0.25, -0.2) is 4.79 Å². The van der Waals surface area contributed by atoms with Crippen molar-refractivity contribution in [2.45, 2.75) is 31.3 Å². The summed E-state index contributed by atoms with van der Waals surface area (Å²) in [5, 5.41) is 52.2. The molecule has 0 spiro atoms. The fourth-order valence-electron chi connectivity index (χ4n) is 1.51. The van der Waals surface area contributed by atoms with Gasteiger partial charge < -0.3 is 40.2 Å². The van der Waals surface area contributed by atoms with Gasteiger partial charge in [0.05, 0.1) is 6.61 Å². The van der Waals surface area contributed by atoms with Crippen LogP contribution in [0.5, 0.6) is 5.75 Å². The highest BCUT2D eigenvalue weighted by Gasteiger charge is 2.29. The molecule has 1 rings (SSSR count). The second kappa shape index (κ2) is 11.2. The highest BCUT2D eigenvalue weighted by molar-refractivity contribution is 5.91. The molecule has 0 saturated carbocycles. The first kappa shape index (κ1) is 22.6. The predicted octanol–water partition coefficient (Wildman–Crippen LogP) is -2.07. The van der Waals surface area contributed by atoms with Gasteiger partial charge in [-0.15, -0.1) is 0 Å². The maximum atomic E-state index is 10.6. The Balaban J connectivity index is 0.000000463. The zero-order chi connectivity index (χ0) is 19.6. The monoisotopic (exact) mass is 360 g/mol. The first-order valence-corrected chi connectivity index (χ1v) is 6.94. The number of carboxylic acids is 1. The van der Waals surface area contributed by atoms with E-state index in [4.69, 9.17) is 30.6 Å². The van der Waals surface area contributed by atoms with Crippen molar-refractivity contribution in [3.05, 3.63) is 29.8 Å². The summed E-state index contributed by atoms with van der Waals surface area (Å²) in [7, 11) is 0. The van der Waals surface area contributed by atoms with Gasteiger partial charge in [-0.3, -0.25) is 4.79 Å². The molecular formula is C15H20O10. The number of rotatable bonds is 7. The van der Waals surface area contributed by atoms with Crippen LogP contribution in [-0.4, -0.2) is 79.9 Å². The second-order valence-electron chi connectivity index (χ2n) is 4.75. The van der Waals surface area contributed by atoms with Crippen molar-refractivity contribution in [2.75, 3.05) is 6.61 Å². The molecular weight excluding hydrogens is 340 g/mol. The second-order valence-corrected chi connectivity index (χ2v) is 4.75. The number of para-hydroxylation sites is 1. The minimum Gasteiger partial charge on any atom is -0.478 e. The van der Waals surface area contributed by atoms with Crippen LogP contribution in [0, 0.1) is 0 Å². The number of aromatic carboxylic acids is 1. The van der Waals surface area contributed by atoms with Crippen LogP contribution in [0.15, 0.2) is 24.3 Å². The van der Waals surface area contributed by atoms with Crippen molar-refractivity contribution in [3.8, 4) is 5.75 Å². The van der Waals surface area contributed by atoms with Crippen LogP contribution < -0.4 is 4.74 Å². The Labute approximate surface area is 142 Å². The molecule has 140 valence electrons. The standard InChI is InChI=1S/C9H8O4.C6H12O6/c1-6(10)13-8-5-3-2-4-7(8)9(11)12;7-1-3(9)5(11)6(12)4(10)2-8/h2-5H,1H3,(H,11,12);1,3-6,8-12H,2H2/t;3-,4+,5+,6+/m.0/s1. The van der Waals surface area contributed by atoms with Crippen molar-refractivity contribution in [1.82, 2.24) is 0 Å². The lowest BCUT2D eigenvalue weighted by Crippen LogP contribution is -2.46. The van der Waals surface area contributed by atoms with Gasteiger partial charge in [0.15, 0.2) is 6.29 Å². The highest BCUT2D eigenvalue weighted by Crippen LogP contribution is 2.17. The number of esters is 1. The molecule has 1 aromatic carbocycles. The van der Waals surface area contributed by atoms with Gasteiger partial charge in [-0.2, -0.15) is 0 Å². The number of carboxylic acid groups (broad SMARTS) is 1. The number of ether oxygens (including phenoxy) is 1. The van der Waals surface area contributed by atoms with Crippen LogP contribution in [0.25, 0.3) is 0 Å². The Hall–Kier alpha value is -2.37. The summed E-state index contributed by atoms with van der Waals surface area (Å²) in [4.78, 5) is 31.1. The van der Waals surface area contributed by atoms with Crippen LogP contribution in [-0.2, 0) is 9.59 Å². The topological polar surface area (TPSA) is 182 Å². The van der Waals surface area contributed by atoms with Gasteiger partial charge >= 0.3 is 11.9 Å². The van der Waals surface area contributed by atoms with E-state index in [0.29, 0.717) is 0 Å². The number of carbonyl (C=O) groups is 3. The average Bonchev–Trinajstić information content (AvgIpc) is 2.59. The van der Waals surface area contributed by atoms with E-state index in [1.807, 2.05) is 0 Å². The lowest BCUT2D eigenvalue weighted by molar-refractivity contribution is -0.136. The zero-order valence-electron chi connectivity index (χ0n) is 13.2. The minimum atomic E-state index is -1.79. The number of hydrogen-bond donors (Lipinski definition) is 6. The van der Waals surface area contributed by atoms with E-state index in [-0.39, 0.29) is 17.6 Å². The predicted molar refractivity (Wildman–Crippen MR) is 81.9 cm³/mol. The molecule has 0 aromatic heterocycles. The van der Waals surface area contributed by atoms with E-state index >= 15 is 0 Å². The molecule has 0 fully saturated rings. The third-order valence-corrected chi connectivity index (χ3v) is 2.79. The Morgan fingerprint density at radius 2 is 1.68 bits per heavy atom. The summed E-state index contributed by atoms with van der Waals surface area (Å²) < 4.78 is 4.69. The summed E-state index contributed by atoms with van der Waals surface area (Å²) in [5.74, 6) is -1.58. The Kier molecular flexibility index (Phi) is 10.2.